The van der Waals surface area contributed by atoms with Crippen molar-refractivity contribution < 1.29 is 28.7 Å². The molecular formula is C26H28Cl2N4O6. The second-order valence-corrected chi connectivity index (χ2v) is 10.1. The van der Waals surface area contributed by atoms with Gasteiger partial charge < -0.3 is 30.7 Å². The lowest BCUT2D eigenvalue weighted by Crippen LogP contribution is -2.54. The van der Waals surface area contributed by atoms with Crippen LogP contribution in [-0.2, 0) is 19.1 Å². The Hall–Kier alpha value is -3.50. The van der Waals surface area contributed by atoms with E-state index >= 15 is 0 Å². The van der Waals surface area contributed by atoms with Crippen molar-refractivity contribution in [3.8, 4) is 5.75 Å². The number of cyclic esters (lactones) is 1. The maximum atomic E-state index is 13.2. The number of nitrogens with zero attached hydrogens (tertiary/aromatic N) is 1. The molecule has 0 unspecified atom stereocenters. The summed E-state index contributed by atoms with van der Waals surface area (Å²) in [6.45, 7) is 1.97. The number of hydrogen-bond donors (Lipinski definition) is 3. The molecule has 3 amide bonds. The molecular weight excluding hydrogens is 535 g/mol. The molecule has 2 saturated heterocycles. The molecule has 4 N–H and O–H groups in total. The van der Waals surface area contributed by atoms with Gasteiger partial charge >= 0.3 is 5.97 Å². The quantitative estimate of drug-likeness (QED) is 0.331. The Morgan fingerprint density at radius 2 is 1.92 bits per heavy atom. The first kappa shape index (κ1) is 27.5. The molecule has 0 aromatic heterocycles. The minimum Gasteiger partial charge on any atom is -0.490 e. The summed E-state index contributed by atoms with van der Waals surface area (Å²) in [5, 5.41) is 6.30. The van der Waals surface area contributed by atoms with Crippen molar-refractivity contribution >= 4 is 52.6 Å². The third-order valence-electron chi connectivity index (χ3n) is 6.49. The number of ether oxygens (including phenoxy) is 2. The van der Waals surface area contributed by atoms with E-state index in [1.54, 1.807) is 31.2 Å². The fourth-order valence-corrected chi connectivity index (χ4v) is 4.76. The Kier molecular flexibility index (Phi) is 8.63. The van der Waals surface area contributed by atoms with Crippen molar-refractivity contribution in [3.05, 3.63) is 58.1 Å². The van der Waals surface area contributed by atoms with Crippen LogP contribution >= 0.6 is 23.2 Å². The Morgan fingerprint density at radius 3 is 2.63 bits per heavy atom. The van der Waals surface area contributed by atoms with Crippen LogP contribution in [0.5, 0.6) is 5.75 Å². The average molecular weight is 563 g/mol. The molecule has 12 heteroatoms. The van der Waals surface area contributed by atoms with Gasteiger partial charge in [0.05, 0.1) is 23.2 Å². The molecule has 0 saturated carbocycles. The third kappa shape index (κ3) is 6.49. The number of nitrogens with one attached hydrogen (secondary N) is 2. The Bertz CT molecular complexity index is 1220. The molecule has 0 spiro atoms. The maximum absolute atomic E-state index is 13.2. The molecule has 38 heavy (non-hydrogen) atoms. The largest absolute Gasteiger partial charge is 0.490 e. The molecule has 2 aliphatic heterocycles. The van der Waals surface area contributed by atoms with Crippen LogP contribution in [-0.4, -0.2) is 66.0 Å². The first-order valence-electron chi connectivity index (χ1n) is 12.2. The first-order valence-corrected chi connectivity index (χ1v) is 12.9. The van der Waals surface area contributed by atoms with Crippen LogP contribution in [0.3, 0.4) is 0 Å². The predicted octanol–water partition coefficient (Wildman–Crippen LogP) is 2.56. The lowest BCUT2D eigenvalue weighted by atomic mass is 10.1. The number of anilines is 1. The molecule has 0 radical (unpaired) electrons. The number of nitrogens with two attached hydrogens (primary N) is 1. The summed E-state index contributed by atoms with van der Waals surface area (Å²) < 4.78 is 11.0. The van der Waals surface area contributed by atoms with Gasteiger partial charge in [0.1, 0.15) is 24.4 Å². The number of esters is 1. The minimum absolute atomic E-state index is 0.00232. The van der Waals surface area contributed by atoms with Gasteiger partial charge in [0.15, 0.2) is 6.10 Å². The van der Waals surface area contributed by atoms with E-state index in [4.69, 9.17) is 38.4 Å². The SMILES string of the molecule is C[C@H](NC(=O)c1ccc(N)c(Cl)c1)C(=O)N1CCC[C@H]1C(=O)N[C@H]1CC(=O)O[C@H]1COc1ccc(Cl)cc1. The Balaban J connectivity index is 1.34. The summed E-state index contributed by atoms with van der Waals surface area (Å²) in [6.07, 6.45) is 0.399. The maximum Gasteiger partial charge on any atom is 0.308 e. The van der Waals surface area contributed by atoms with Crippen LogP contribution in [0.15, 0.2) is 42.5 Å². The van der Waals surface area contributed by atoms with Crippen molar-refractivity contribution in [1.82, 2.24) is 15.5 Å². The standard InChI is InChI=1S/C26H28Cl2N4O6/c1-14(30-24(34)15-4-9-19(29)18(28)11-15)26(36)32-10-2-3-21(32)25(35)31-20-12-23(33)38-22(20)13-37-17-7-5-16(27)6-8-17/h4-9,11,14,20-22H,2-3,10,12-13,29H2,1H3,(H,30,34)(H,31,35)/t14-,20-,21-,22-/m0/s1. The van der Waals surface area contributed by atoms with E-state index in [1.165, 1.54) is 23.1 Å². The molecule has 2 fully saturated rings. The zero-order valence-corrected chi connectivity index (χ0v) is 22.1. The number of amides is 3. The average Bonchev–Trinajstić information content (AvgIpc) is 3.51. The van der Waals surface area contributed by atoms with E-state index in [-0.39, 0.29) is 35.4 Å². The number of rotatable bonds is 8. The van der Waals surface area contributed by atoms with Crippen molar-refractivity contribution in [2.24, 2.45) is 0 Å². The molecule has 2 aromatic carbocycles. The molecule has 2 aromatic rings. The van der Waals surface area contributed by atoms with Crippen LogP contribution in [0.25, 0.3) is 0 Å². The topological polar surface area (TPSA) is 140 Å². The third-order valence-corrected chi connectivity index (χ3v) is 7.07. The highest BCUT2D eigenvalue weighted by atomic mass is 35.5. The second kappa shape index (κ2) is 11.9. The van der Waals surface area contributed by atoms with Crippen LogP contribution in [0.4, 0.5) is 5.69 Å². The smallest absolute Gasteiger partial charge is 0.308 e. The highest BCUT2D eigenvalue weighted by molar-refractivity contribution is 6.33. The van der Waals surface area contributed by atoms with Crippen LogP contribution < -0.4 is 21.1 Å². The number of hydrogen-bond acceptors (Lipinski definition) is 7. The van der Waals surface area contributed by atoms with Gasteiger partial charge in [-0.3, -0.25) is 19.2 Å². The van der Waals surface area contributed by atoms with Gasteiger partial charge in [0.25, 0.3) is 5.91 Å². The van der Waals surface area contributed by atoms with Crippen molar-refractivity contribution in [2.75, 3.05) is 18.9 Å². The van der Waals surface area contributed by atoms with Gasteiger partial charge in [0, 0.05) is 17.1 Å². The molecule has 4 rings (SSSR count). The summed E-state index contributed by atoms with van der Waals surface area (Å²) in [7, 11) is 0. The fraction of sp³-hybridized carbons (Fsp3) is 0.385. The molecule has 0 aliphatic carbocycles. The van der Waals surface area contributed by atoms with E-state index in [0.29, 0.717) is 35.8 Å². The molecule has 10 nitrogen and oxygen atoms in total. The van der Waals surface area contributed by atoms with Crippen LogP contribution in [0, 0.1) is 0 Å². The zero-order valence-electron chi connectivity index (χ0n) is 20.6. The zero-order chi connectivity index (χ0) is 27.4. The number of carbonyl (C=O) groups excluding carboxylic acids is 4. The van der Waals surface area contributed by atoms with Crippen LogP contribution in [0.1, 0.15) is 36.5 Å². The highest BCUT2D eigenvalue weighted by Crippen LogP contribution is 2.23. The number of likely N-dealkylation sites (tertiary alicyclic amines) is 1. The van der Waals surface area contributed by atoms with Gasteiger partial charge in [-0.25, -0.2) is 0 Å². The van der Waals surface area contributed by atoms with Gasteiger partial charge in [0.2, 0.25) is 11.8 Å². The summed E-state index contributed by atoms with van der Waals surface area (Å²) in [5.74, 6) is -1.16. The van der Waals surface area contributed by atoms with Gasteiger partial charge in [-0.15, -0.1) is 0 Å². The first-order chi connectivity index (χ1) is 18.1. The Morgan fingerprint density at radius 1 is 1.18 bits per heavy atom. The number of carbonyl (C=O) groups is 4. The number of nitrogen functional groups attached to an aromatic ring is 1. The normalized spacial score (nSPS) is 21.5. The number of halogens is 2. The molecule has 4 atom stereocenters. The van der Waals surface area contributed by atoms with Crippen molar-refractivity contribution in [2.45, 2.75) is 50.4 Å². The van der Waals surface area contributed by atoms with E-state index < -0.39 is 36.1 Å². The van der Waals surface area contributed by atoms with Crippen molar-refractivity contribution in [3.63, 3.8) is 0 Å². The van der Waals surface area contributed by atoms with Gasteiger partial charge in [-0.1, -0.05) is 23.2 Å². The van der Waals surface area contributed by atoms with E-state index in [2.05, 4.69) is 10.6 Å². The summed E-state index contributed by atoms with van der Waals surface area (Å²) in [5.41, 5.74) is 6.29. The molecule has 2 aliphatic rings. The van der Waals surface area contributed by atoms with E-state index in [1.807, 2.05) is 0 Å². The van der Waals surface area contributed by atoms with E-state index in [0.717, 1.165) is 0 Å². The predicted molar refractivity (Wildman–Crippen MR) is 141 cm³/mol. The van der Waals surface area contributed by atoms with Gasteiger partial charge in [-0.2, -0.15) is 0 Å². The summed E-state index contributed by atoms with van der Waals surface area (Å²) in [6, 6.07) is 8.96. The Labute approximate surface area is 229 Å². The van der Waals surface area contributed by atoms with Crippen molar-refractivity contribution in [1.29, 1.82) is 0 Å². The molecule has 0 bridgehead atoms. The monoisotopic (exact) mass is 562 g/mol. The lowest BCUT2D eigenvalue weighted by Gasteiger charge is -2.28. The molecule has 202 valence electrons. The fourth-order valence-electron chi connectivity index (χ4n) is 4.45. The minimum atomic E-state index is -0.885. The highest BCUT2D eigenvalue weighted by Gasteiger charge is 2.41. The van der Waals surface area contributed by atoms with Gasteiger partial charge in [-0.05, 0) is 62.2 Å². The summed E-state index contributed by atoms with van der Waals surface area (Å²) in [4.78, 5) is 52.4. The lowest BCUT2D eigenvalue weighted by molar-refractivity contribution is -0.142. The second-order valence-electron chi connectivity index (χ2n) is 9.23. The molecule has 2 heterocycles. The summed E-state index contributed by atoms with van der Waals surface area (Å²) >= 11 is 11.9. The van der Waals surface area contributed by atoms with Crippen LogP contribution in [0.2, 0.25) is 10.0 Å². The number of benzene rings is 2. The van der Waals surface area contributed by atoms with E-state index in [9.17, 15) is 19.2 Å².